The maximum atomic E-state index is 13.1. The lowest BCUT2D eigenvalue weighted by molar-refractivity contribution is -0.121. The lowest BCUT2D eigenvalue weighted by atomic mass is 10.1. The Labute approximate surface area is 106 Å². The molecule has 0 bridgehead atoms. The van der Waals surface area contributed by atoms with Crippen LogP contribution in [0.1, 0.15) is 31.9 Å². The molecule has 1 atom stereocenters. The van der Waals surface area contributed by atoms with Crippen molar-refractivity contribution < 1.29 is 13.9 Å². The van der Waals surface area contributed by atoms with E-state index in [2.05, 4.69) is 5.32 Å². The van der Waals surface area contributed by atoms with E-state index >= 15 is 0 Å². The molecule has 4 nitrogen and oxygen atoms in total. The predicted molar refractivity (Wildman–Crippen MR) is 67.8 cm³/mol. The van der Waals surface area contributed by atoms with Crippen molar-refractivity contribution in [2.24, 2.45) is 5.73 Å². The fourth-order valence-electron chi connectivity index (χ4n) is 1.55. The fraction of sp³-hybridized carbons (Fsp3) is 0.462. The molecular weight excluding hydrogens is 235 g/mol. The Balaban J connectivity index is 2.60. The Morgan fingerprint density at radius 1 is 1.56 bits per heavy atom. The zero-order valence-corrected chi connectivity index (χ0v) is 10.7. The van der Waals surface area contributed by atoms with Crippen LogP contribution in [0.3, 0.4) is 0 Å². The first-order chi connectivity index (χ1) is 8.54. The molecule has 1 aromatic carbocycles. The minimum absolute atomic E-state index is 0.0868. The molecule has 0 fully saturated rings. The van der Waals surface area contributed by atoms with E-state index in [0.29, 0.717) is 12.3 Å². The lowest BCUT2D eigenvalue weighted by Crippen LogP contribution is -2.24. The third-order valence-electron chi connectivity index (χ3n) is 2.43. The average molecular weight is 254 g/mol. The Morgan fingerprint density at radius 3 is 2.89 bits per heavy atom. The van der Waals surface area contributed by atoms with Gasteiger partial charge in [0.15, 0.2) is 0 Å². The molecular formula is C13H19FN2O2. The number of carbonyl (C=O) groups is 1. The standard InChI is InChI=1S/C13H19FN2O2/c1-3-16-13(17)6-7-18-12-8-10(14)4-5-11(12)9(2)15/h4-5,8-9H,3,6-7,15H2,1-2H3,(H,16,17)/t9-/m0/s1. The van der Waals surface area contributed by atoms with Crippen LogP contribution < -0.4 is 15.8 Å². The number of rotatable bonds is 6. The molecule has 1 aromatic rings. The number of nitrogens with one attached hydrogen (secondary N) is 1. The first-order valence-electron chi connectivity index (χ1n) is 5.99. The first-order valence-corrected chi connectivity index (χ1v) is 5.99. The van der Waals surface area contributed by atoms with Crippen molar-refractivity contribution in [1.29, 1.82) is 0 Å². The second kappa shape index (κ2) is 6.96. The maximum Gasteiger partial charge on any atom is 0.223 e. The quantitative estimate of drug-likeness (QED) is 0.813. The van der Waals surface area contributed by atoms with Gasteiger partial charge >= 0.3 is 0 Å². The zero-order chi connectivity index (χ0) is 13.5. The first kappa shape index (κ1) is 14.4. The summed E-state index contributed by atoms with van der Waals surface area (Å²) in [5.41, 5.74) is 6.49. The van der Waals surface area contributed by atoms with Crippen LogP contribution in [-0.4, -0.2) is 19.1 Å². The van der Waals surface area contributed by atoms with E-state index in [1.165, 1.54) is 12.1 Å². The summed E-state index contributed by atoms with van der Waals surface area (Å²) in [5.74, 6) is -0.0713. The summed E-state index contributed by atoms with van der Waals surface area (Å²) in [4.78, 5) is 11.2. The van der Waals surface area contributed by atoms with Gasteiger partial charge in [0.25, 0.3) is 0 Å². The number of ether oxygens (including phenoxy) is 1. The molecule has 0 radical (unpaired) electrons. The molecule has 0 unspecified atom stereocenters. The molecule has 0 aromatic heterocycles. The molecule has 0 saturated heterocycles. The van der Waals surface area contributed by atoms with Crippen LogP contribution in [0.15, 0.2) is 18.2 Å². The van der Waals surface area contributed by atoms with Crippen LogP contribution in [-0.2, 0) is 4.79 Å². The van der Waals surface area contributed by atoms with E-state index < -0.39 is 0 Å². The molecule has 0 heterocycles. The number of hydrogen-bond acceptors (Lipinski definition) is 3. The summed E-state index contributed by atoms with van der Waals surface area (Å²) in [6.07, 6.45) is 0.239. The summed E-state index contributed by atoms with van der Waals surface area (Å²) in [6, 6.07) is 3.98. The predicted octanol–water partition coefficient (Wildman–Crippen LogP) is 1.75. The van der Waals surface area contributed by atoms with Crippen molar-refractivity contribution in [3.63, 3.8) is 0 Å². The molecule has 5 heteroatoms. The molecule has 3 N–H and O–H groups in total. The zero-order valence-electron chi connectivity index (χ0n) is 10.7. The minimum Gasteiger partial charge on any atom is -0.493 e. The van der Waals surface area contributed by atoms with Gasteiger partial charge in [-0.15, -0.1) is 0 Å². The van der Waals surface area contributed by atoms with Gasteiger partial charge in [0.1, 0.15) is 11.6 Å². The van der Waals surface area contributed by atoms with Crippen molar-refractivity contribution >= 4 is 5.91 Å². The third-order valence-corrected chi connectivity index (χ3v) is 2.43. The SMILES string of the molecule is CCNC(=O)CCOc1cc(F)ccc1[C@H](C)N. The largest absolute Gasteiger partial charge is 0.493 e. The highest BCUT2D eigenvalue weighted by atomic mass is 19.1. The van der Waals surface area contributed by atoms with Gasteiger partial charge in [-0.25, -0.2) is 4.39 Å². The summed E-state index contributed by atoms with van der Waals surface area (Å²) < 4.78 is 18.5. The van der Waals surface area contributed by atoms with Crippen LogP contribution in [0.25, 0.3) is 0 Å². The van der Waals surface area contributed by atoms with Crippen molar-refractivity contribution in [1.82, 2.24) is 5.32 Å². The summed E-state index contributed by atoms with van der Waals surface area (Å²) in [7, 11) is 0. The number of halogens is 1. The highest BCUT2D eigenvalue weighted by Crippen LogP contribution is 2.24. The van der Waals surface area contributed by atoms with E-state index in [9.17, 15) is 9.18 Å². The summed E-state index contributed by atoms with van der Waals surface area (Å²) in [6.45, 7) is 4.43. The summed E-state index contributed by atoms with van der Waals surface area (Å²) >= 11 is 0. The Hall–Kier alpha value is -1.62. The number of carbonyl (C=O) groups excluding carboxylic acids is 1. The van der Waals surface area contributed by atoms with Crippen LogP contribution in [0.4, 0.5) is 4.39 Å². The number of benzene rings is 1. The van der Waals surface area contributed by atoms with E-state index in [1.807, 2.05) is 6.92 Å². The molecule has 0 spiro atoms. The van der Waals surface area contributed by atoms with Gasteiger partial charge in [0.2, 0.25) is 5.91 Å². The van der Waals surface area contributed by atoms with Crippen LogP contribution in [0, 0.1) is 5.82 Å². The third kappa shape index (κ3) is 4.33. The average Bonchev–Trinajstić information content (AvgIpc) is 2.29. The van der Waals surface area contributed by atoms with E-state index in [4.69, 9.17) is 10.5 Å². The fourth-order valence-corrected chi connectivity index (χ4v) is 1.55. The van der Waals surface area contributed by atoms with Crippen molar-refractivity contribution in [3.8, 4) is 5.75 Å². The van der Waals surface area contributed by atoms with Gasteiger partial charge in [0, 0.05) is 24.2 Å². The molecule has 0 aliphatic heterocycles. The van der Waals surface area contributed by atoms with Gasteiger partial charge in [-0.1, -0.05) is 6.07 Å². The van der Waals surface area contributed by atoms with Crippen LogP contribution in [0.5, 0.6) is 5.75 Å². The molecule has 18 heavy (non-hydrogen) atoms. The maximum absolute atomic E-state index is 13.1. The summed E-state index contributed by atoms with van der Waals surface area (Å²) in [5, 5.41) is 2.66. The molecule has 100 valence electrons. The molecule has 0 saturated carbocycles. The molecule has 1 amide bonds. The van der Waals surface area contributed by atoms with Crippen molar-refractivity contribution in [2.45, 2.75) is 26.3 Å². The van der Waals surface area contributed by atoms with Gasteiger partial charge in [0.05, 0.1) is 13.0 Å². The van der Waals surface area contributed by atoms with Crippen molar-refractivity contribution in [2.75, 3.05) is 13.2 Å². The van der Waals surface area contributed by atoms with Crippen molar-refractivity contribution in [3.05, 3.63) is 29.6 Å². The van der Waals surface area contributed by atoms with Crippen LogP contribution in [0.2, 0.25) is 0 Å². The lowest BCUT2D eigenvalue weighted by Gasteiger charge is -2.14. The number of amides is 1. The van der Waals surface area contributed by atoms with E-state index in [1.54, 1.807) is 13.0 Å². The topological polar surface area (TPSA) is 64.3 Å². The monoisotopic (exact) mass is 254 g/mol. The Kier molecular flexibility index (Phi) is 5.58. The van der Waals surface area contributed by atoms with Crippen LogP contribution >= 0.6 is 0 Å². The highest BCUT2D eigenvalue weighted by Gasteiger charge is 2.10. The highest BCUT2D eigenvalue weighted by molar-refractivity contribution is 5.75. The molecule has 0 aliphatic rings. The normalized spacial score (nSPS) is 12.0. The van der Waals surface area contributed by atoms with Gasteiger partial charge in [-0.05, 0) is 19.9 Å². The molecule has 0 aliphatic carbocycles. The van der Waals surface area contributed by atoms with Gasteiger partial charge in [-0.2, -0.15) is 0 Å². The second-order valence-corrected chi connectivity index (χ2v) is 4.02. The van der Waals surface area contributed by atoms with Gasteiger partial charge in [-0.3, -0.25) is 4.79 Å². The number of nitrogens with two attached hydrogens (primary N) is 1. The second-order valence-electron chi connectivity index (χ2n) is 4.02. The van der Waals surface area contributed by atoms with E-state index in [-0.39, 0.29) is 30.8 Å². The number of hydrogen-bond donors (Lipinski definition) is 2. The Morgan fingerprint density at radius 2 is 2.28 bits per heavy atom. The Bertz CT molecular complexity index is 408. The minimum atomic E-state index is -0.382. The molecule has 1 rings (SSSR count). The van der Waals surface area contributed by atoms with Gasteiger partial charge < -0.3 is 15.8 Å². The smallest absolute Gasteiger partial charge is 0.223 e. The van der Waals surface area contributed by atoms with E-state index in [0.717, 1.165) is 5.56 Å².